The minimum atomic E-state index is 0.750. The molecule has 0 spiro atoms. The first-order chi connectivity index (χ1) is 9.29. The summed E-state index contributed by atoms with van der Waals surface area (Å²) in [7, 11) is 2.25. The van der Waals surface area contributed by atoms with E-state index in [4.69, 9.17) is 0 Å². The third-order valence-electron chi connectivity index (χ3n) is 4.07. The van der Waals surface area contributed by atoms with E-state index in [1.165, 1.54) is 37.5 Å². The standard InChI is InChI=1S/C15H27N3S/c1-3-14-13-18(11-10-17(14)2)9-8-16-7-6-15-5-4-12-19-15/h4-5,12,14,16H,3,6-11,13H2,1-2H3. The summed E-state index contributed by atoms with van der Waals surface area (Å²) in [5.74, 6) is 0. The highest BCUT2D eigenvalue weighted by Gasteiger charge is 2.21. The number of thiophene rings is 1. The molecule has 1 N–H and O–H groups in total. The van der Waals surface area contributed by atoms with Crippen molar-refractivity contribution < 1.29 is 0 Å². The van der Waals surface area contributed by atoms with Gasteiger partial charge in [-0.1, -0.05) is 13.0 Å². The summed E-state index contributed by atoms with van der Waals surface area (Å²) in [5, 5.41) is 5.72. The highest BCUT2D eigenvalue weighted by Crippen LogP contribution is 2.10. The van der Waals surface area contributed by atoms with Crippen molar-refractivity contribution in [2.24, 2.45) is 0 Å². The van der Waals surface area contributed by atoms with Crippen LogP contribution >= 0.6 is 11.3 Å². The Morgan fingerprint density at radius 2 is 2.26 bits per heavy atom. The minimum Gasteiger partial charge on any atom is -0.315 e. The second kappa shape index (κ2) is 8.00. The Hall–Kier alpha value is -0.420. The van der Waals surface area contributed by atoms with Crippen molar-refractivity contribution in [3.63, 3.8) is 0 Å². The fourth-order valence-electron chi connectivity index (χ4n) is 2.68. The summed E-state index contributed by atoms with van der Waals surface area (Å²) in [6.45, 7) is 9.38. The van der Waals surface area contributed by atoms with Crippen LogP contribution in [0.1, 0.15) is 18.2 Å². The maximum absolute atomic E-state index is 3.57. The van der Waals surface area contributed by atoms with Gasteiger partial charge in [-0.3, -0.25) is 4.90 Å². The molecule has 3 nitrogen and oxygen atoms in total. The number of piperazine rings is 1. The first kappa shape index (κ1) is 15.0. The molecule has 19 heavy (non-hydrogen) atoms. The van der Waals surface area contributed by atoms with Crippen molar-refractivity contribution in [2.45, 2.75) is 25.8 Å². The second-order valence-electron chi connectivity index (χ2n) is 5.42. The Bertz CT molecular complexity index is 339. The Morgan fingerprint density at radius 1 is 1.37 bits per heavy atom. The molecule has 108 valence electrons. The maximum Gasteiger partial charge on any atom is 0.0218 e. The van der Waals surface area contributed by atoms with E-state index in [9.17, 15) is 0 Å². The first-order valence-electron chi connectivity index (χ1n) is 7.45. The molecule has 1 aromatic heterocycles. The molecule has 1 aromatic rings. The molecule has 0 bridgehead atoms. The molecule has 1 atom stereocenters. The highest BCUT2D eigenvalue weighted by atomic mass is 32.1. The van der Waals surface area contributed by atoms with Crippen LogP contribution in [0.4, 0.5) is 0 Å². The van der Waals surface area contributed by atoms with Gasteiger partial charge in [0.1, 0.15) is 0 Å². The minimum absolute atomic E-state index is 0.750. The molecule has 1 saturated heterocycles. The average molecular weight is 281 g/mol. The van der Waals surface area contributed by atoms with Crippen LogP contribution in [0, 0.1) is 0 Å². The van der Waals surface area contributed by atoms with E-state index in [0.717, 1.165) is 25.6 Å². The number of nitrogens with one attached hydrogen (secondary N) is 1. The molecule has 0 radical (unpaired) electrons. The largest absolute Gasteiger partial charge is 0.315 e. The topological polar surface area (TPSA) is 18.5 Å². The van der Waals surface area contributed by atoms with E-state index in [-0.39, 0.29) is 0 Å². The van der Waals surface area contributed by atoms with Crippen molar-refractivity contribution in [2.75, 3.05) is 46.3 Å². The number of hydrogen-bond acceptors (Lipinski definition) is 4. The van der Waals surface area contributed by atoms with E-state index in [0.29, 0.717) is 0 Å². The van der Waals surface area contributed by atoms with Gasteiger partial charge in [0.05, 0.1) is 0 Å². The van der Waals surface area contributed by atoms with Gasteiger partial charge in [-0.25, -0.2) is 0 Å². The fourth-order valence-corrected chi connectivity index (χ4v) is 3.39. The van der Waals surface area contributed by atoms with Crippen molar-refractivity contribution in [3.05, 3.63) is 22.4 Å². The van der Waals surface area contributed by atoms with Crippen LogP contribution in [0.15, 0.2) is 17.5 Å². The van der Waals surface area contributed by atoms with E-state index in [1.807, 2.05) is 11.3 Å². The molecular weight excluding hydrogens is 254 g/mol. The number of hydrogen-bond donors (Lipinski definition) is 1. The zero-order valence-corrected chi connectivity index (χ0v) is 13.1. The highest BCUT2D eigenvalue weighted by molar-refractivity contribution is 7.09. The first-order valence-corrected chi connectivity index (χ1v) is 8.33. The number of rotatable bonds is 7. The summed E-state index contributed by atoms with van der Waals surface area (Å²) in [6, 6.07) is 5.10. The predicted octanol–water partition coefficient (Wildman–Crippen LogP) is 1.91. The Balaban J connectivity index is 1.56. The Kier molecular flexibility index (Phi) is 6.31. The Labute approximate surface area is 121 Å². The van der Waals surface area contributed by atoms with Gasteiger partial charge in [0.15, 0.2) is 0 Å². The average Bonchev–Trinajstić information content (AvgIpc) is 2.93. The van der Waals surface area contributed by atoms with Gasteiger partial charge in [-0.05, 0) is 31.3 Å². The van der Waals surface area contributed by atoms with E-state index < -0.39 is 0 Å². The monoisotopic (exact) mass is 281 g/mol. The van der Waals surface area contributed by atoms with Crippen molar-refractivity contribution in [1.29, 1.82) is 0 Å². The molecule has 2 heterocycles. The van der Waals surface area contributed by atoms with Gasteiger partial charge in [-0.2, -0.15) is 0 Å². The van der Waals surface area contributed by atoms with Crippen LogP contribution in [0.25, 0.3) is 0 Å². The molecule has 2 rings (SSSR count). The Morgan fingerprint density at radius 3 is 3.00 bits per heavy atom. The number of nitrogens with zero attached hydrogens (tertiary/aromatic N) is 2. The molecule has 0 aromatic carbocycles. The van der Waals surface area contributed by atoms with Crippen LogP contribution < -0.4 is 5.32 Å². The summed E-state index contributed by atoms with van der Waals surface area (Å²) in [5.41, 5.74) is 0. The molecule has 0 amide bonds. The van der Waals surface area contributed by atoms with Gasteiger partial charge >= 0.3 is 0 Å². The van der Waals surface area contributed by atoms with Crippen LogP contribution in [0.5, 0.6) is 0 Å². The second-order valence-corrected chi connectivity index (χ2v) is 6.45. The van der Waals surface area contributed by atoms with Crippen molar-refractivity contribution >= 4 is 11.3 Å². The lowest BCUT2D eigenvalue weighted by Crippen LogP contribution is -2.52. The molecule has 0 aliphatic carbocycles. The fraction of sp³-hybridized carbons (Fsp3) is 0.733. The molecule has 4 heteroatoms. The van der Waals surface area contributed by atoms with Crippen LogP contribution in [0.2, 0.25) is 0 Å². The molecule has 1 aliphatic heterocycles. The molecule has 1 aliphatic rings. The lowest BCUT2D eigenvalue weighted by atomic mass is 10.1. The third-order valence-corrected chi connectivity index (χ3v) is 5.00. The van der Waals surface area contributed by atoms with Gasteiger partial charge < -0.3 is 10.2 Å². The van der Waals surface area contributed by atoms with Crippen LogP contribution in [-0.4, -0.2) is 62.2 Å². The van der Waals surface area contributed by atoms with Gasteiger partial charge in [0, 0.05) is 50.2 Å². The lowest BCUT2D eigenvalue weighted by Gasteiger charge is -2.39. The predicted molar refractivity (Wildman–Crippen MR) is 84.0 cm³/mol. The van der Waals surface area contributed by atoms with Gasteiger partial charge in [0.25, 0.3) is 0 Å². The van der Waals surface area contributed by atoms with Crippen molar-refractivity contribution in [1.82, 2.24) is 15.1 Å². The molecule has 0 saturated carbocycles. The zero-order valence-electron chi connectivity index (χ0n) is 12.3. The summed E-state index contributed by atoms with van der Waals surface area (Å²) < 4.78 is 0. The van der Waals surface area contributed by atoms with Crippen molar-refractivity contribution in [3.8, 4) is 0 Å². The van der Waals surface area contributed by atoms with E-state index in [1.54, 1.807) is 0 Å². The van der Waals surface area contributed by atoms with E-state index in [2.05, 4.69) is 46.6 Å². The zero-order chi connectivity index (χ0) is 13.5. The van der Waals surface area contributed by atoms with Gasteiger partial charge in [-0.15, -0.1) is 11.3 Å². The molecule has 1 unspecified atom stereocenters. The summed E-state index contributed by atoms with van der Waals surface area (Å²) in [6.07, 6.45) is 2.43. The third kappa shape index (κ3) is 4.88. The summed E-state index contributed by atoms with van der Waals surface area (Å²) in [4.78, 5) is 6.59. The van der Waals surface area contributed by atoms with Crippen LogP contribution in [-0.2, 0) is 6.42 Å². The van der Waals surface area contributed by atoms with E-state index >= 15 is 0 Å². The SMILES string of the molecule is CCC1CN(CCNCCc2cccs2)CCN1C. The number of likely N-dealkylation sites (N-methyl/N-ethyl adjacent to an activating group) is 1. The molecule has 1 fully saturated rings. The summed E-state index contributed by atoms with van der Waals surface area (Å²) >= 11 is 1.86. The molecular formula is C15H27N3S. The quantitative estimate of drug-likeness (QED) is 0.770. The lowest BCUT2D eigenvalue weighted by molar-refractivity contribution is 0.0940. The normalized spacial score (nSPS) is 21.9. The smallest absolute Gasteiger partial charge is 0.0218 e. The van der Waals surface area contributed by atoms with Gasteiger partial charge in [0.2, 0.25) is 0 Å². The van der Waals surface area contributed by atoms with Crippen LogP contribution in [0.3, 0.4) is 0 Å². The maximum atomic E-state index is 3.57.